The smallest absolute Gasteiger partial charge is 0.390 e. The van der Waals surface area contributed by atoms with Gasteiger partial charge in [0.05, 0.1) is 18.2 Å². The van der Waals surface area contributed by atoms with Crippen molar-refractivity contribution < 1.29 is 18.3 Å². The van der Waals surface area contributed by atoms with Crippen LogP contribution in [-0.2, 0) is 6.61 Å². The zero-order valence-electron chi connectivity index (χ0n) is 9.82. The zero-order valence-corrected chi connectivity index (χ0v) is 9.82. The minimum atomic E-state index is -4.13. The van der Waals surface area contributed by atoms with Crippen LogP contribution in [0.25, 0.3) is 0 Å². The number of aromatic nitrogens is 1. The number of piperidine rings is 1. The zero-order chi connectivity index (χ0) is 13.2. The molecular formula is C12H15F3N2O. The molecule has 0 aromatic carbocycles. The number of hydrogen-bond acceptors (Lipinski definition) is 3. The van der Waals surface area contributed by atoms with Crippen molar-refractivity contribution in [3.63, 3.8) is 0 Å². The van der Waals surface area contributed by atoms with Crippen LogP contribution in [0.4, 0.5) is 18.9 Å². The summed E-state index contributed by atoms with van der Waals surface area (Å²) in [5.41, 5.74) is 1.17. The first-order valence-corrected chi connectivity index (χ1v) is 5.88. The summed E-state index contributed by atoms with van der Waals surface area (Å²) in [6.45, 7) is 0.393. The molecule has 0 aliphatic carbocycles. The average molecular weight is 260 g/mol. The molecule has 6 heteroatoms. The van der Waals surface area contributed by atoms with Gasteiger partial charge in [-0.2, -0.15) is 13.2 Å². The summed E-state index contributed by atoms with van der Waals surface area (Å²) in [4.78, 5) is 5.63. The summed E-state index contributed by atoms with van der Waals surface area (Å²) in [6.07, 6.45) is -1.90. The third kappa shape index (κ3) is 2.93. The number of pyridine rings is 1. The minimum Gasteiger partial charge on any atom is -0.390 e. The number of rotatable bonds is 2. The molecule has 0 amide bonds. The van der Waals surface area contributed by atoms with Crippen LogP contribution in [0.5, 0.6) is 0 Å². The monoisotopic (exact) mass is 260 g/mol. The van der Waals surface area contributed by atoms with Gasteiger partial charge in [-0.25, -0.2) is 0 Å². The second-order valence-corrected chi connectivity index (χ2v) is 4.49. The van der Waals surface area contributed by atoms with E-state index < -0.39 is 12.1 Å². The first-order chi connectivity index (χ1) is 8.50. The Bertz CT molecular complexity index is 409. The highest BCUT2D eigenvalue weighted by Gasteiger charge is 2.41. The fourth-order valence-corrected chi connectivity index (χ4v) is 2.23. The molecule has 1 atom stereocenters. The maximum Gasteiger partial charge on any atom is 0.393 e. The molecule has 1 aromatic rings. The van der Waals surface area contributed by atoms with Gasteiger partial charge in [0.1, 0.15) is 0 Å². The van der Waals surface area contributed by atoms with Crippen LogP contribution in [0.2, 0.25) is 0 Å². The molecule has 1 saturated heterocycles. The molecule has 0 radical (unpaired) electrons. The van der Waals surface area contributed by atoms with E-state index in [-0.39, 0.29) is 19.6 Å². The fraction of sp³-hybridized carbons (Fsp3) is 0.583. The summed E-state index contributed by atoms with van der Waals surface area (Å²) in [7, 11) is 0. The van der Waals surface area contributed by atoms with E-state index in [1.807, 2.05) is 0 Å². The number of aliphatic hydroxyl groups excluding tert-OH is 1. The lowest BCUT2D eigenvalue weighted by Crippen LogP contribution is -2.41. The van der Waals surface area contributed by atoms with Gasteiger partial charge in [0, 0.05) is 25.0 Å². The Kier molecular flexibility index (Phi) is 3.75. The van der Waals surface area contributed by atoms with E-state index >= 15 is 0 Å². The van der Waals surface area contributed by atoms with Gasteiger partial charge in [0.2, 0.25) is 0 Å². The lowest BCUT2D eigenvalue weighted by Gasteiger charge is -2.35. The summed E-state index contributed by atoms with van der Waals surface area (Å²) >= 11 is 0. The van der Waals surface area contributed by atoms with E-state index in [1.165, 1.54) is 6.20 Å². The van der Waals surface area contributed by atoms with Gasteiger partial charge < -0.3 is 10.0 Å². The van der Waals surface area contributed by atoms with Crippen LogP contribution in [0.15, 0.2) is 18.3 Å². The van der Waals surface area contributed by atoms with Crippen molar-refractivity contribution >= 4 is 5.69 Å². The molecule has 0 bridgehead atoms. The van der Waals surface area contributed by atoms with Crippen molar-refractivity contribution in [2.24, 2.45) is 5.92 Å². The molecule has 0 saturated carbocycles. The van der Waals surface area contributed by atoms with Crippen LogP contribution in [-0.4, -0.2) is 29.4 Å². The van der Waals surface area contributed by atoms with Gasteiger partial charge in [0.25, 0.3) is 0 Å². The molecule has 18 heavy (non-hydrogen) atoms. The molecule has 1 aliphatic rings. The highest BCUT2D eigenvalue weighted by Crippen LogP contribution is 2.34. The van der Waals surface area contributed by atoms with Crippen molar-refractivity contribution in [1.82, 2.24) is 4.98 Å². The van der Waals surface area contributed by atoms with Crippen molar-refractivity contribution in [3.8, 4) is 0 Å². The predicted octanol–water partition coefficient (Wildman–Crippen LogP) is 2.35. The fourth-order valence-electron chi connectivity index (χ4n) is 2.23. The highest BCUT2D eigenvalue weighted by atomic mass is 19.4. The third-order valence-electron chi connectivity index (χ3n) is 3.21. The van der Waals surface area contributed by atoms with Gasteiger partial charge in [-0.3, -0.25) is 4.98 Å². The summed E-state index contributed by atoms with van der Waals surface area (Å²) in [5.74, 6) is -1.27. The third-order valence-corrected chi connectivity index (χ3v) is 3.21. The van der Waals surface area contributed by atoms with Crippen LogP contribution in [0, 0.1) is 5.92 Å². The van der Waals surface area contributed by atoms with Gasteiger partial charge in [-0.1, -0.05) is 0 Å². The van der Waals surface area contributed by atoms with Crippen molar-refractivity contribution in [3.05, 3.63) is 24.0 Å². The summed E-state index contributed by atoms with van der Waals surface area (Å²) in [5, 5.41) is 8.98. The Morgan fingerprint density at radius 2 is 2.22 bits per heavy atom. The van der Waals surface area contributed by atoms with E-state index in [9.17, 15) is 13.2 Å². The van der Waals surface area contributed by atoms with Gasteiger partial charge in [-0.05, 0) is 25.0 Å². The van der Waals surface area contributed by atoms with Crippen LogP contribution in [0.1, 0.15) is 18.5 Å². The normalized spacial score (nSPS) is 21.1. The molecule has 1 N–H and O–H groups in total. The Labute approximate surface area is 103 Å². The molecule has 1 unspecified atom stereocenters. The van der Waals surface area contributed by atoms with Crippen molar-refractivity contribution in [2.75, 3.05) is 18.0 Å². The Balaban J connectivity index is 2.13. The van der Waals surface area contributed by atoms with Gasteiger partial charge in [-0.15, -0.1) is 0 Å². The average Bonchev–Trinajstić information content (AvgIpc) is 2.38. The first-order valence-electron chi connectivity index (χ1n) is 5.88. The molecule has 0 spiro atoms. The van der Waals surface area contributed by atoms with E-state index in [4.69, 9.17) is 5.11 Å². The Morgan fingerprint density at radius 3 is 2.89 bits per heavy atom. The van der Waals surface area contributed by atoms with Crippen LogP contribution >= 0.6 is 0 Å². The molecule has 1 fully saturated rings. The quantitative estimate of drug-likeness (QED) is 0.886. The lowest BCUT2D eigenvalue weighted by molar-refractivity contribution is -0.175. The Morgan fingerprint density at radius 1 is 1.44 bits per heavy atom. The van der Waals surface area contributed by atoms with Gasteiger partial charge in [0.15, 0.2) is 0 Å². The number of anilines is 1. The summed E-state index contributed by atoms with van der Waals surface area (Å²) in [6, 6.07) is 3.32. The molecule has 100 valence electrons. The molecule has 2 heterocycles. The van der Waals surface area contributed by atoms with E-state index in [0.717, 1.165) is 0 Å². The van der Waals surface area contributed by atoms with E-state index in [0.29, 0.717) is 24.3 Å². The van der Waals surface area contributed by atoms with E-state index in [1.54, 1.807) is 17.0 Å². The van der Waals surface area contributed by atoms with Crippen LogP contribution in [0.3, 0.4) is 0 Å². The molecule has 1 aliphatic heterocycles. The topological polar surface area (TPSA) is 36.4 Å². The summed E-state index contributed by atoms with van der Waals surface area (Å²) < 4.78 is 38.1. The molecule has 2 rings (SSSR count). The second-order valence-electron chi connectivity index (χ2n) is 4.49. The number of alkyl halides is 3. The number of nitrogens with zero attached hydrogens (tertiary/aromatic N) is 2. The van der Waals surface area contributed by atoms with Crippen LogP contribution < -0.4 is 4.90 Å². The second kappa shape index (κ2) is 5.14. The SMILES string of the molecule is OCc1cc(N2CCCC(C(F)(F)F)C2)ccn1. The lowest BCUT2D eigenvalue weighted by atomic mass is 9.97. The maximum atomic E-state index is 12.7. The van der Waals surface area contributed by atoms with Crippen molar-refractivity contribution in [1.29, 1.82) is 0 Å². The van der Waals surface area contributed by atoms with E-state index in [2.05, 4.69) is 4.98 Å². The maximum absolute atomic E-state index is 12.7. The van der Waals surface area contributed by atoms with Crippen molar-refractivity contribution in [2.45, 2.75) is 25.6 Å². The predicted molar refractivity (Wildman–Crippen MR) is 61.2 cm³/mol. The minimum absolute atomic E-state index is 0.0155. The number of halogens is 3. The largest absolute Gasteiger partial charge is 0.393 e. The van der Waals surface area contributed by atoms with Gasteiger partial charge >= 0.3 is 6.18 Å². The number of hydrogen-bond donors (Lipinski definition) is 1. The first kappa shape index (κ1) is 13.1. The standard InChI is InChI=1S/C12H15F3N2O/c13-12(14,15)9-2-1-5-17(7-9)11-3-4-16-10(6-11)8-18/h3-4,6,9,18H,1-2,5,7-8H2. The Hall–Kier alpha value is -1.30. The molecule has 1 aromatic heterocycles. The number of aliphatic hydroxyl groups is 1. The molecular weight excluding hydrogens is 245 g/mol. The molecule has 3 nitrogen and oxygen atoms in total. The highest BCUT2D eigenvalue weighted by molar-refractivity contribution is 5.47.